The van der Waals surface area contributed by atoms with Crippen molar-refractivity contribution in [1.29, 1.82) is 0 Å². The van der Waals surface area contributed by atoms with Gasteiger partial charge in [0.25, 0.3) is 0 Å². The van der Waals surface area contributed by atoms with Crippen molar-refractivity contribution in [3.63, 3.8) is 0 Å². The van der Waals surface area contributed by atoms with Gasteiger partial charge in [-0.1, -0.05) is 42.5 Å². The van der Waals surface area contributed by atoms with E-state index in [2.05, 4.69) is 25.3 Å². The molecule has 0 atom stereocenters. The quantitative estimate of drug-likeness (QED) is 0.489. The van der Waals surface area contributed by atoms with E-state index < -0.39 is 5.97 Å². The number of H-pyrrole nitrogens is 1. The molecule has 4 rings (SSSR count). The number of nitrogens with one attached hydrogen (secondary N) is 2. The van der Waals surface area contributed by atoms with Gasteiger partial charge in [-0.05, 0) is 25.5 Å². The molecule has 0 amide bonds. The molecular formula is C21H19N5O2. The minimum Gasteiger partial charge on any atom is -0.478 e. The molecule has 0 bridgehead atoms. The Hall–Kier alpha value is -3.74. The summed E-state index contributed by atoms with van der Waals surface area (Å²) in [5.74, 6) is 0.600. The Morgan fingerprint density at radius 1 is 1.04 bits per heavy atom. The van der Waals surface area contributed by atoms with Crippen LogP contribution in [0.25, 0.3) is 22.3 Å². The standard InChI is InChI=1S/C21H19N5O2/c1-12-17(15-9-6-10-16(20(27)28)18(15)23-12)19-24-13(2)25-21(26-19)22-11-14-7-4-3-5-8-14/h3-10,23H,11H2,1-2H3,(H,27,28)(H,22,24,25,26). The summed E-state index contributed by atoms with van der Waals surface area (Å²) >= 11 is 0. The molecule has 0 aliphatic carbocycles. The number of aromatic nitrogens is 4. The smallest absolute Gasteiger partial charge is 0.337 e. The SMILES string of the molecule is Cc1nc(NCc2ccccc2)nc(-c2c(C)[nH]c3c(C(=O)O)cccc23)n1. The first-order valence-corrected chi connectivity index (χ1v) is 8.88. The molecule has 0 spiro atoms. The number of carboxylic acid groups (broad SMARTS) is 1. The summed E-state index contributed by atoms with van der Waals surface area (Å²) in [5, 5.41) is 13.5. The number of nitrogens with zero attached hydrogens (tertiary/aromatic N) is 3. The maximum absolute atomic E-state index is 11.5. The first-order valence-electron chi connectivity index (χ1n) is 8.88. The van der Waals surface area contributed by atoms with E-state index in [1.807, 2.05) is 50.2 Å². The molecule has 0 unspecified atom stereocenters. The highest BCUT2D eigenvalue weighted by Gasteiger charge is 2.18. The highest BCUT2D eigenvalue weighted by atomic mass is 16.4. The van der Waals surface area contributed by atoms with Crippen molar-refractivity contribution >= 4 is 22.8 Å². The molecule has 0 fully saturated rings. The third-order valence-corrected chi connectivity index (χ3v) is 4.52. The summed E-state index contributed by atoms with van der Waals surface area (Å²) in [6, 6.07) is 15.2. The van der Waals surface area contributed by atoms with Gasteiger partial charge < -0.3 is 15.4 Å². The number of aryl methyl sites for hydroxylation is 2. The fraction of sp³-hybridized carbons (Fsp3) is 0.143. The second-order valence-corrected chi connectivity index (χ2v) is 6.53. The lowest BCUT2D eigenvalue weighted by Crippen LogP contribution is -2.07. The number of para-hydroxylation sites is 1. The summed E-state index contributed by atoms with van der Waals surface area (Å²) in [4.78, 5) is 28.1. The van der Waals surface area contributed by atoms with Gasteiger partial charge in [-0.3, -0.25) is 0 Å². The van der Waals surface area contributed by atoms with Crippen molar-refractivity contribution in [3.8, 4) is 11.4 Å². The van der Waals surface area contributed by atoms with Crippen LogP contribution in [-0.4, -0.2) is 31.0 Å². The fourth-order valence-corrected chi connectivity index (χ4v) is 3.26. The summed E-state index contributed by atoms with van der Waals surface area (Å²) in [6.45, 7) is 4.29. The topological polar surface area (TPSA) is 104 Å². The Bertz CT molecular complexity index is 1170. The molecule has 2 aromatic heterocycles. The molecule has 2 aromatic carbocycles. The molecule has 7 heteroatoms. The van der Waals surface area contributed by atoms with E-state index in [1.54, 1.807) is 12.1 Å². The fourth-order valence-electron chi connectivity index (χ4n) is 3.26. The van der Waals surface area contributed by atoms with Gasteiger partial charge in [-0.15, -0.1) is 0 Å². The van der Waals surface area contributed by atoms with Crippen LogP contribution in [0.1, 0.15) is 27.4 Å². The van der Waals surface area contributed by atoms with Crippen molar-refractivity contribution in [2.24, 2.45) is 0 Å². The second kappa shape index (κ2) is 7.11. The van der Waals surface area contributed by atoms with E-state index >= 15 is 0 Å². The van der Waals surface area contributed by atoms with Crippen LogP contribution in [0.15, 0.2) is 48.5 Å². The third kappa shape index (κ3) is 3.29. The van der Waals surface area contributed by atoms with Crippen LogP contribution < -0.4 is 5.32 Å². The maximum Gasteiger partial charge on any atom is 0.337 e. The number of carboxylic acids is 1. The maximum atomic E-state index is 11.5. The van der Waals surface area contributed by atoms with Crippen molar-refractivity contribution < 1.29 is 9.90 Å². The van der Waals surface area contributed by atoms with E-state index in [-0.39, 0.29) is 5.56 Å². The lowest BCUT2D eigenvalue weighted by atomic mass is 10.1. The molecule has 2 heterocycles. The highest BCUT2D eigenvalue weighted by molar-refractivity contribution is 6.07. The Morgan fingerprint density at radius 3 is 2.57 bits per heavy atom. The number of anilines is 1. The number of benzene rings is 2. The van der Waals surface area contributed by atoms with Crippen molar-refractivity contribution in [2.75, 3.05) is 5.32 Å². The van der Waals surface area contributed by atoms with Crippen LogP contribution in [0, 0.1) is 13.8 Å². The van der Waals surface area contributed by atoms with Crippen LogP contribution in [0.3, 0.4) is 0 Å². The molecule has 0 saturated carbocycles. The average molecular weight is 373 g/mol. The minimum absolute atomic E-state index is 0.222. The van der Waals surface area contributed by atoms with Crippen molar-refractivity contribution in [1.82, 2.24) is 19.9 Å². The Morgan fingerprint density at radius 2 is 1.82 bits per heavy atom. The van der Waals surface area contributed by atoms with Gasteiger partial charge in [0.2, 0.25) is 5.95 Å². The average Bonchev–Trinajstić information content (AvgIpc) is 3.02. The lowest BCUT2D eigenvalue weighted by molar-refractivity contribution is 0.0699. The Labute approximate surface area is 161 Å². The summed E-state index contributed by atoms with van der Waals surface area (Å²) < 4.78 is 0. The number of rotatable bonds is 5. The van der Waals surface area contributed by atoms with Crippen LogP contribution in [-0.2, 0) is 6.54 Å². The first-order chi connectivity index (χ1) is 13.5. The molecule has 7 nitrogen and oxygen atoms in total. The molecule has 0 aliphatic heterocycles. The molecular weight excluding hydrogens is 354 g/mol. The van der Waals surface area contributed by atoms with Gasteiger partial charge >= 0.3 is 5.97 Å². The van der Waals surface area contributed by atoms with Crippen LogP contribution in [0.4, 0.5) is 5.95 Å². The van der Waals surface area contributed by atoms with Crippen LogP contribution >= 0.6 is 0 Å². The second-order valence-electron chi connectivity index (χ2n) is 6.53. The van der Waals surface area contributed by atoms with Gasteiger partial charge in [0.05, 0.1) is 11.1 Å². The lowest BCUT2D eigenvalue weighted by Gasteiger charge is -2.08. The van der Waals surface area contributed by atoms with E-state index in [0.29, 0.717) is 29.7 Å². The summed E-state index contributed by atoms with van der Waals surface area (Å²) in [6.07, 6.45) is 0. The normalized spacial score (nSPS) is 10.9. The monoisotopic (exact) mass is 373 g/mol. The molecule has 4 aromatic rings. The Balaban J connectivity index is 1.75. The van der Waals surface area contributed by atoms with E-state index in [4.69, 9.17) is 0 Å². The molecule has 140 valence electrons. The zero-order valence-electron chi connectivity index (χ0n) is 15.5. The first kappa shape index (κ1) is 17.7. The number of carbonyl (C=O) groups is 1. The van der Waals surface area contributed by atoms with Gasteiger partial charge in [0.1, 0.15) is 5.82 Å². The van der Waals surface area contributed by atoms with Gasteiger partial charge in [-0.25, -0.2) is 9.78 Å². The summed E-state index contributed by atoms with van der Waals surface area (Å²) in [5.41, 5.74) is 3.51. The van der Waals surface area contributed by atoms with E-state index in [1.165, 1.54) is 0 Å². The number of aromatic carboxylic acids is 1. The van der Waals surface area contributed by atoms with Gasteiger partial charge in [-0.2, -0.15) is 9.97 Å². The van der Waals surface area contributed by atoms with Crippen LogP contribution in [0.5, 0.6) is 0 Å². The predicted molar refractivity (Wildman–Crippen MR) is 107 cm³/mol. The minimum atomic E-state index is -0.976. The number of fused-ring (bicyclic) bond motifs is 1. The van der Waals surface area contributed by atoms with Gasteiger partial charge in [0, 0.05) is 23.2 Å². The molecule has 28 heavy (non-hydrogen) atoms. The summed E-state index contributed by atoms with van der Waals surface area (Å²) in [7, 11) is 0. The van der Waals surface area contributed by atoms with E-state index in [0.717, 1.165) is 22.2 Å². The van der Waals surface area contributed by atoms with Crippen LogP contribution in [0.2, 0.25) is 0 Å². The number of hydrogen-bond donors (Lipinski definition) is 3. The zero-order chi connectivity index (χ0) is 19.7. The zero-order valence-corrected chi connectivity index (χ0v) is 15.5. The molecule has 3 N–H and O–H groups in total. The van der Waals surface area contributed by atoms with Gasteiger partial charge in [0.15, 0.2) is 5.82 Å². The Kier molecular flexibility index (Phi) is 4.49. The molecule has 0 radical (unpaired) electrons. The number of hydrogen-bond acceptors (Lipinski definition) is 5. The largest absolute Gasteiger partial charge is 0.478 e. The number of aromatic amines is 1. The van der Waals surface area contributed by atoms with E-state index in [9.17, 15) is 9.90 Å². The molecule has 0 saturated heterocycles. The predicted octanol–water partition coefficient (Wildman–Crippen LogP) is 3.95. The molecule has 0 aliphatic rings. The highest BCUT2D eigenvalue weighted by Crippen LogP contribution is 2.32. The third-order valence-electron chi connectivity index (χ3n) is 4.52. The van der Waals surface area contributed by atoms with Crippen molar-refractivity contribution in [3.05, 3.63) is 71.2 Å². The van der Waals surface area contributed by atoms with Crippen molar-refractivity contribution in [2.45, 2.75) is 20.4 Å².